The smallest absolute Gasteiger partial charge is 0.270 e. The van der Waals surface area contributed by atoms with Gasteiger partial charge in [-0.1, -0.05) is 52.3 Å². The summed E-state index contributed by atoms with van der Waals surface area (Å²) in [5, 5.41) is 13.5. The van der Waals surface area contributed by atoms with E-state index in [1.54, 1.807) is 18.3 Å². The predicted molar refractivity (Wildman–Crippen MR) is 123 cm³/mol. The summed E-state index contributed by atoms with van der Waals surface area (Å²) in [6.07, 6.45) is 1.63. The lowest BCUT2D eigenvalue weighted by Crippen LogP contribution is -2.36. The number of H-pyrrole nitrogens is 1. The number of halogens is 1. The van der Waals surface area contributed by atoms with Gasteiger partial charge in [0.2, 0.25) is 5.95 Å². The maximum Gasteiger partial charge on any atom is 0.270 e. The first-order valence-electron chi connectivity index (χ1n) is 9.67. The first-order valence-corrected chi connectivity index (χ1v) is 10.5. The lowest BCUT2D eigenvalue weighted by Gasteiger charge is -2.29. The molecule has 0 saturated carbocycles. The summed E-state index contributed by atoms with van der Waals surface area (Å²) in [6, 6.07) is 17.1. The molecule has 9 heteroatoms. The van der Waals surface area contributed by atoms with Gasteiger partial charge in [-0.15, -0.1) is 0 Å². The van der Waals surface area contributed by atoms with Crippen LogP contribution in [0.2, 0.25) is 0 Å². The number of hydrazone groups is 1. The fourth-order valence-corrected chi connectivity index (χ4v) is 3.71. The summed E-state index contributed by atoms with van der Waals surface area (Å²) >= 11 is 3.59. The number of hydrogen-bond acceptors (Lipinski definition) is 7. The van der Waals surface area contributed by atoms with Gasteiger partial charge < -0.3 is 9.64 Å². The van der Waals surface area contributed by atoms with E-state index in [4.69, 9.17) is 4.74 Å². The molecule has 0 aliphatic carbocycles. The van der Waals surface area contributed by atoms with Crippen molar-refractivity contribution in [1.82, 2.24) is 9.97 Å². The van der Waals surface area contributed by atoms with E-state index >= 15 is 0 Å². The molecule has 2 heterocycles. The van der Waals surface area contributed by atoms with Crippen LogP contribution >= 0.6 is 15.9 Å². The Morgan fingerprint density at radius 1 is 1.23 bits per heavy atom. The quantitative estimate of drug-likeness (QED) is 0.430. The molecule has 1 saturated heterocycles. The largest absolute Gasteiger partial charge is 0.378 e. The second-order valence-electron chi connectivity index (χ2n) is 6.79. The van der Waals surface area contributed by atoms with Gasteiger partial charge in [-0.05, 0) is 12.1 Å². The van der Waals surface area contributed by atoms with Gasteiger partial charge in [0.1, 0.15) is 11.6 Å². The SMILES string of the molecule is N#Cc1c(-c2ccccc2)nc(NN=Cc2ccc(N3CCOCC3)cc2Br)[nH]c1=O. The Morgan fingerprint density at radius 2 is 2.00 bits per heavy atom. The van der Waals surface area contributed by atoms with E-state index in [-0.39, 0.29) is 11.5 Å². The Balaban J connectivity index is 1.53. The summed E-state index contributed by atoms with van der Waals surface area (Å²) in [5.41, 5.74) is 5.15. The molecule has 1 aliphatic rings. The summed E-state index contributed by atoms with van der Waals surface area (Å²) in [4.78, 5) is 21.5. The fraction of sp³-hybridized carbons (Fsp3) is 0.182. The van der Waals surface area contributed by atoms with Crippen LogP contribution < -0.4 is 15.9 Å². The van der Waals surface area contributed by atoms with Crippen LogP contribution in [0.5, 0.6) is 0 Å². The molecular formula is C22H19BrN6O2. The van der Waals surface area contributed by atoms with E-state index in [1.807, 2.05) is 42.5 Å². The number of aromatic nitrogens is 2. The highest BCUT2D eigenvalue weighted by molar-refractivity contribution is 9.10. The third-order valence-electron chi connectivity index (χ3n) is 4.81. The van der Waals surface area contributed by atoms with Crippen LogP contribution in [0, 0.1) is 11.3 Å². The molecule has 0 atom stereocenters. The third-order valence-corrected chi connectivity index (χ3v) is 5.50. The minimum atomic E-state index is -0.523. The molecule has 0 bridgehead atoms. The van der Waals surface area contributed by atoms with Gasteiger partial charge in [0.15, 0.2) is 0 Å². The highest BCUT2D eigenvalue weighted by atomic mass is 79.9. The molecule has 1 fully saturated rings. The maximum absolute atomic E-state index is 12.3. The second-order valence-corrected chi connectivity index (χ2v) is 7.65. The van der Waals surface area contributed by atoms with Crippen LogP contribution in [0.3, 0.4) is 0 Å². The van der Waals surface area contributed by atoms with Gasteiger partial charge >= 0.3 is 0 Å². The number of anilines is 2. The van der Waals surface area contributed by atoms with Crippen molar-refractivity contribution >= 4 is 33.8 Å². The monoisotopic (exact) mass is 478 g/mol. The molecule has 0 radical (unpaired) electrons. The fourth-order valence-electron chi connectivity index (χ4n) is 3.24. The third kappa shape index (κ3) is 4.82. The highest BCUT2D eigenvalue weighted by Crippen LogP contribution is 2.24. The molecule has 0 spiro atoms. The lowest BCUT2D eigenvalue weighted by molar-refractivity contribution is 0.122. The van der Waals surface area contributed by atoms with Crippen molar-refractivity contribution in [1.29, 1.82) is 5.26 Å². The summed E-state index contributed by atoms with van der Waals surface area (Å²) < 4.78 is 6.29. The summed E-state index contributed by atoms with van der Waals surface area (Å²) in [6.45, 7) is 3.18. The molecule has 3 aromatic rings. The number of ether oxygens (including phenoxy) is 1. The standard InChI is InChI=1S/C22H19BrN6O2/c23-19-12-17(29-8-10-31-11-9-29)7-6-16(19)14-25-28-22-26-20(15-4-2-1-3-5-15)18(13-24)21(30)27-22/h1-7,12,14H,8-11H2,(H2,26,27,28,30). The van der Waals surface area contributed by atoms with Crippen LogP contribution in [-0.4, -0.2) is 42.5 Å². The zero-order valence-electron chi connectivity index (χ0n) is 16.5. The number of nitriles is 1. The number of hydrogen-bond donors (Lipinski definition) is 2. The van der Waals surface area contributed by atoms with Crippen molar-refractivity contribution in [2.45, 2.75) is 0 Å². The van der Waals surface area contributed by atoms with Crippen molar-refractivity contribution < 1.29 is 4.74 Å². The van der Waals surface area contributed by atoms with Gasteiger partial charge in [-0.3, -0.25) is 9.78 Å². The van der Waals surface area contributed by atoms with E-state index in [0.717, 1.165) is 42.0 Å². The van der Waals surface area contributed by atoms with E-state index in [9.17, 15) is 10.1 Å². The van der Waals surface area contributed by atoms with Gasteiger partial charge in [-0.25, -0.2) is 10.4 Å². The molecule has 8 nitrogen and oxygen atoms in total. The zero-order chi connectivity index (χ0) is 21.6. The number of nitrogens with zero attached hydrogens (tertiary/aromatic N) is 4. The van der Waals surface area contributed by atoms with E-state index in [2.05, 4.69) is 41.3 Å². The van der Waals surface area contributed by atoms with Crippen molar-refractivity contribution in [2.24, 2.45) is 5.10 Å². The number of morpholine rings is 1. The van der Waals surface area contributed by atoms with Gasteiger partial charge in [0.25, 0.3) is 5.56 Å². The second kappa shape index (κ2) is 9.55. The predicted octanol–water partition coefficient (Wildman–Crippen LogP) is 3.35. The number of benzene rings is 2. The topological polar surface area (TPSA) is 106 Å². The molecule has 1 aliphatic heterocycles. The van der Waals surface area contributed by atoms with Gasteiger partial charge in [0, 0.05) is 34.4 Å². The molecule has 0 amide bonds. The lowest BCUT2D eigenvalue weighted by atomic mass is 10.1. The van der Waals surface area contributed by atoms with E-state index in [0.29, 0.717) is 11.3 Å². The average molecular weight is 479 g/mol. The number of nitrogens with one attached hydrogen (secondary N) is 2. The van der Waals surface area contributed by atoms with Crippen LogP contribution in [-0.2, 0) is 4.74 Å². The Morgan fingerprint density at radius 3 is 2.71 bits per heavy atom. The van der Waals surface area contributed by atoms with Crippen molar-refractivity contribution in [3.8, 4) is 17.3 Å². The maximum atomic E-state index is 12.3. The Labute approximate surface area is 187 Å². The molecule has 4 rings (SSSR count). The number of aromatic amines is 1. The molecule has 2 aromatic carbocycles. The zero-order valence-corrected chi connectivity index (χ0v) is 18.1. The van der Waals surface area contributed by atoms with Crippen LogP contribution in [0.15, 0.2) is 62.9 Å². The normalized spacial score (nSPS) is 13.9. The minimum Gasteiger partial charge on any atom is -0.378 e. The minimum absolute atomic E-state index is 0.0397. The van der Waals surface area contributed by atoms with Gasteiger partial charge in [0.05, 0.1) is 25.1 Å². The molecule has 156 valence electrons. The highest BCUT2D eigenvalue weighted by Gasteiger charge is 2.14. The Hall–Kier alpha value is -3.48. The van der Waals surface area contributed by atoms with Crippen molar-refractivity contribution in [3.05, 3.63) is 74.5 Å². The molecule has 1 aromatic heterocycles. The van der Waals surface area contributed by atoms with Crippen molar-refractivity contribution in [3.63, 3.8) is 0 Å². The number of rotatable bonds is 5. The first kappa shape index (κ1) is 20.8. The van der Waals surface area contributed by atoms with Crippen LogP contribution in [0.4, 0.5) is 11.6 Å². The summed E-state index contributed by atoms with van der Waals surface area (Å²) in [7, 11) is 0. The summed E-state index contributed by atoms with van der Waals surface area (Å²) in [5.74, 6) is 0.153. The molecule has 31 heavy (non-hydrogen) atoms. The van der Waals surface area contributed by atoms with Crippen LogP contribution in [0.1, 0.15) is 11.1 Å². The Kier molecular flexibility index (Phi) is 6.40. The van der Waals surface area contributed by atoms with Crippen molar-refractivity contribution in [2.75, 3.05) is 36.6 Å². The van der Waals surface area contributed by atoms with E-state index < -0.39 is 5.56 Å². The Bertz CT molecular complexity index is 1200. The molecular weight excluding hydrogens is 460 g/mol. The van der Waals surface area contributed by atoms with E-state index in [1.165, 1.54) is 0 Å². The average Bonchev–Trinajstić information content (AvgIpc) is 2.81. The van der Waals surface area contributed by atoms with Gasteiger partial charge in [-0.2, -0.15) is 10.4 Å². The molecule has 2 N–H and O–H groups in total. The first-order chi connectivity index (χ1) is 15.2. The van der Waals surface area contributed by atoms with Crippen LogP contribution in [0.25, 0.3) is 11.3 Å². The molecule has 0 unspecified atom stereocenters.